The number of carbonyl (C=O) groups is 1. The largest absolute Gasteiger partial charge is 0.372 e. The lowest BCUT2D eigenvalue weighted by Gasteiger charge is -2.21. The molecule has 0 bridgehead atoms. The number of hydrogen-bond donors (Lipinski definition) is 2. The van der Waals surface area contributed by atoms with Gasteiger partial charge in [0.05, 0.1) is 11.9 Å². The molecule has 1 rings (SSSR count). The lowest BCUT2D eigenvalue weighted by molar-refractivity contribution is -0.122. The van der Waals surface area contributed by atoms with Crippen LogP contribution in [0.4, 0.5) is 5.69 Å². The first-order valence-electron chi connectivity index (χ1n) is 5.13. The smallest absolute Gasteiger partial charge is 0.242 e. The van der Waals surface area contributed by atoms with Gasteiger partial charge in [-0.25, -0.2) is 0 Å². The van der Waals surface area contributed by atoms with Crippen molar-refractivity contribution >= 4 is 27.5 Å². The summed E-state index contributed by atoms with van der Waals surface area (Å²) in [5.41, 5.74) is 0.830. The van der Waals surface area contributed by atoms with E-state index in [9.17, 15) is 4.79 Å². The number of aromatic nitrogens is 1. The summed E-state index contributed by atoms with van der Waals surface area (Å²) in [4.78, 5) is 15.7. The van der Waals surface area contributed by atoms with E-state index in [-0.39, 0.29) is 17.9 Å². The van der Waals surface area contributed by atoms with Crippen molar-refractivity contribution in [3.63, 3.8) is 0 Å². The number of pyridine rings is 1. The van der Waals surface area contributed by atoms with Gasteiger partial charge in [-0.1, -0.05) is 13.8 Å². The van der Waals surface area contributed by atoms with Crippen LogP contribution in [0.25, 0.3) is 0 Å². The zero-order chi connectivity index (χ0) is 12.1. The van der Waals surface area contributed by atoms with Gasteiger partial charge in [-0.3, -0.25) is 9.78 Å². The molecule has 16 heavy (non-hydrogen) atoms. The third kappa shape index (κ3) is 3.48. The van der Waals surface area contributed by atoms with E-state index in [0.29, 0.717) is 0 Å². The van der Waals surface area contributed by atoms with E-state index in [2.05, 4.69) is 31.5 Å². The first-order chi connectivity index (χ1) is 7.54. The summed E-state index contributed by atoms with van der Waals surface area (Å²) in [5, 5.41) is 5.81. The number of nitrogens with one attached hydrogen (secondary N) is 2. The lowest BCUT2D eigenvalue weighted by atomic mass is 10.0. The van der Waals surface area contributed by atoms with Crippen LogP contribution in [0, 0.1) is 5.92 Å². The van der Waals surface area contributed by atoms with Crippen LogP contribution in [-0.2, 0) is 4.79 Å². The highest BCUT2D eigenvalue weighted by Gasteiger charge is 2.20. The highest BCUT2D eigenvalue weighted by Crippen LogP contribution is 2.16. The van der Waals surface area contributed by atoms with Gasteiger partial charge in [0.15, 0.2) is 0 Å². The van der Waals surface area contributed by atoms with Crippen LogP contribution < -0.4 is 10.6 Å². The van der Waals surface area contributed by atoms with Gasteiger partial charge in [0.1, 0.15) is 6.04 Å². The summed E-state index contributed by atoms with van der Waals surface area (Å²) in [6, 6.07) is 1.65. The van der Waals surface area contributed by atoms with Crippen LogP contribution in [0.1, 0.15) is 13.8 Å². The van der Waals surface area contributed by atoms with E-state index in [1.54, 1.807) is 19.4 Å². The molecule has 1 aromatic rings. The number of amides is 1. The lowest BCUT2D eigenvalue weighted by Crippen LogP contribution is -2.41. The van der Waals surface area contributed by atoms with Crippen molar-refractivity contribution < 1.29 is 4.79 Å². The molecule has 0 radical (unpaired) electrons. The van der Waals surface area contributed by atoms with Crippen molar-refractivity contribution in [3.8, 4) is 0 Å². The van der Waals surface area contributed by atoms with E-state index in [1.807, 2.05) is 19.9 Å². The first kappa shape index (κ1) is 13.0. The maximum Gasteiger partial charge on any atom is 0.242 e. The fourth-order valence-electron chi connectivity index (χ4n) is 1.36. The average molecular weight is 286 g/mol. The molecule has 0 saturated heterocycles. The van der Waals surface area contributed by atoms with Gasteiger partial charge in [-0.15, -0.1) is 0 Å². The Kier molecular flexibility index (Phi) is 4.73. The molecule has 2 N–H and O–H groups in total. The zero-order valence-corrected chi connectivity index (χ0v) is 11.2. The Balaban J connectivity index is 2.79. The number of hydrogen-bond acceptors (Lipinski definition) is 3. The summed E-state index contributed by atoms with van der Waals surface area (Å²) in [6.45, 7) is 4.00. The van der Waals surface area contributed by atoms with E-state index in [1.165, 1.54) is 0 Å². The van der Waals surface area contributed by atoms with Gasteiger partial charge in [0.25, 0.3) is 0 Å². The molecule has 5 heteroatoms. The quantitative estimate of drug-likeness (QED) is 0.890. The fraction of sp³-hybridized carbons (Fsp3) is 0.455. The average Bonchev–Trinajstić information content (AvgIpc) is 2.24. The molecule has 1 amide bonds. The number of carbonyl (C=O) groups excluding carboxylic acids is 1. The Morgan fingerprint density at radius 2 is 2.12 bits per heavy atom. The number of nitrogens with zero attached hydrogens (tertiary/aromatic N) is 1. The third-order valence-corrected chi connectivity index (χ3v) is 2.66. The Labute approximate surface area is 104 Å². The van der Waals surface area contributed by atoms with Gasteiger partial charge in [0.2, 0.25) is 5.91 Å². The predicted octanol–water partition coefficient (Wildman–Crippen LogP) is 2.03. The standard InChI is InChI=1S/C11H16BrN3O/c1-7(2)10(11(16)13-3)15-9-4-8(12)5-14-6-9/h4-7,10,15H,1-3H3,(H,13,16). The predicted molar refractivity (Wildman–Crippen MR) is 68.3 cm³/mol. The molecule has 0 fully saturated rings. The van der Waals surface area contributed by atoms with Gasteiger partial charge >= 0.3 is 0 Å². The highest BCUT2D eigenvalue weighted by atomic mass is 79.9. The van der Waals surface area contributed by atoms with Crippen molar-refractivity contribution in [2.75, 3.05) is 12.4 Å². The van der Waals surface area contributed by atoms with Crippen molar-refractivity contribution in [3.05, 3.63) is 22.9 Å². The van der Waals surface area contributed by atoms with E-state index < -0.39 is 0 Å². The van der Waals surface area contributed by atoms with Gasteiger partial charge < -0.3 is 10.6 Å². The molecule has 1 unspecified atom stereocenters. The van der Waals surface area contributed by atoms with E-state index in [0.717, 1.165) is 10.2 Å². The van der Waals surface area contributed by atoms with Crippen LogP contribution in [0.2, 0.25) is 0 Å². The minimum absolute atomic E-state index is 0.0185. The number of rotatable bonds is 4. The SMILES string of the molecule is CNC(=O)C(Nc1cncc(Br)c1)C(C)C. The van der Waals surface area contributed by atoms with Crippen molar-refractivity contribution in [2.45, 2.75) is 19.9 Å². The molecule has 0 aliphatic heterocycles. The molecular weight excluding hydrogens is 270 g/mol. The first-order valence-corrected chi connectivity index (χ1v) is 5.92. The molecule has 1 atom stereocenters. The Morgan fingerprint density at radius 3 is 2.62 bits per heavy atom. The van der Waals surface area contributed by atoms with Crippen LogP contribution in [0.5, 0.6) is 0 Å². The van der Waals surface area contributed by atoms with Crippen LogP contribution >= 0.6 is 15.9 Å². The molecule has 4 nitrogen and oxygen atoms in total. The second kappa shape index (κ2) is 5.84. The molecule has 0 aliphatic rings. The monoisotopic (exact) mass is 285 g/mol. The van der Waals surface area contributed by atoms with Gasteiger partial charge in [-0.2, -0.15) is 0 Å². The molecule has 0 saturated carbocycles. The molecular formula is C11H16BrN3O. The summed E-state index contributed by atoms with van der Waals surface area (Å²) < 4.78 is 0.886. The normalized spacial score (nSPS) is 12.3. The molecule has 1 heterocycles. The van der Waals surface area contributed by atoms with E-state index in [4.69, 9.17) is 0 Å². The second-order valence-electron chi connectivity index (χ2n) is 3.87. The summed E-state index contributed by atoms with van der Waals surface area (Å²) in [7, 11) is 1.64. The highest BCUT2D eigenvalue weighted by molar-refractivity contribution is 9.10. The summed E-state index contributed by atoms with van der Waals surface area (Å²) in [6.07, 6.45) is 3.40. The molecule has 88 valence electrons. The van der Waals surface area contributed by atoms with Crippen molar-refractivity contribution in [2.24, 2.45) is 5.92 Å². The molecule has 0 aliphatic carbocycles. The van der Waals surface area contributed by atoms with Crippen LogP contribution in [0.15, 0.2) is 22.9 Å². The van der Waals surface area contributed by atoms with Crippen LogP contribution in [0.3, 0.4) is 0 Å². The minimum Gasteiger partial charge on any atom is -0.372 e. The fourth-order valence-corrected chi connectivity index (χ4v) is 1.73. The maximum atomic E-state index is 11.6. The summed E-state index contributed by atoms with van der Waals surface area (Å²) in [5.74, 6) is 0.189. The number of likely N-dealkylation sites (N-methyl/N-ethyl adjacent to an activating group) is 1. The van der Waals surface area contributed by atoms with Crippen molar-refractivity contribution in [1.82, 2.24) is 10.3 Å². The number of anilines is 1. The second-order valence-corrected chi connectivity index (χ2v) is 4.79. The molecule has 0 aromatic carbocycles. The molecule has 0 spiro atoms. The van der Waals surface area contributed by atoms with Crippen molar-refractivity contribution in [1.29, 1.82) is 0 Å². The Morgan fingerprint density at radius 1 is 1.44 bits per heavy atom. The number of halogens is 1. The topological polar surface area (TPSA) is 54.0 Å². The third-order valence-electron chi connectivity index (χ3n) is 2.22. The van der Waals surface area contributed by atoms with Crippen LogP contribution in [-0.4, -0.2) is 24.0 Å². The minimum atomic E-state index is -0.249. The zero-order valence-electron chi connectivity index (χ0n) is 9.62. The van der Waals surface area contributed by atoms with Gasteiger partial charge in [-0.05, 0) is 27.9 Å². The van der Waals surface area contributed by atoms with Gasteiger partial charge in [0, 0.05) is 17.7 Å². The Bertz CT molecular complexity index is 368. The maximum absolute atomic E-state index is 11.6. The summed E-state index contributed by atoms with van der Waals surface area (Å²) >= 11 is 3.34. The molecule has 1 aromatic heterocycles. The van der Waals surface area contributed by atoms with E-state index >= 15 is 0 Å². The Hall–Kier alpha value is -1.10.